The first-order valence-electron chi connectivity index (χ1n) is 8.15. The van der Waals surface area contributed by atoms with Crippen molar-refractivity contribution in [3.8, 4) is 0 Å². The summed E-state index contributed by atoms with van der Waals surface area (Å²) in [5, 5.41) is 15.6. The number of anilines is 1. The van der Waals surface area contributed by atoms with E-state index < -0.39 is 4.92 Å². The number of halogens is 1. The Bertz CT molecular complexity index is 1070. The van der Waals surface area contributed by atoms with Crippen molar-refractivity contribution in [3.05, 3.63) is 50.1 Å². The van der Waals surface area contributed by atoms with Crippen LogP contribution in [0.2, 0.25) is 5.02 Å². The first kappa shape index (κ1) is 18.1. The number of benzene rings is 1. The maximum atomic E-state index is 12.3. The molecule has 0 spiro atoms. The van der Waals surface area contributed by atoms with Crippen LogP contribution in [-0.4, -0.2) is 26.6 Å². The minimum atomic E-state index is -0.532. The van der Waals surface area contributed by atoms with E-state index in [4.69, 9.17) is 11.6 Å². The van der Waals surface area contributed by atoms with Gasteiger partial charge in [0.1, 0.15) is 16.2 Å². The van der Waals surface area contributed by atoms with Crippen molar-refractivity contribution >= 4 is 62.2 Å². The Balaban J connectivity index is 1.50. The van der Waals surface area contributed by atoms with E-state index >= 15 is 0 Å². The van der Waals surface area contributed by atoms with Crippen LogP contribution in [0.5, 0.6) is 0 Å². The highest BCUT2D eigenvalue weighted by atomic mass is 35.5. The monoisotopic (exact) mass is 420 g/mol. The molecule has 0 bridgehead atoms. The molecule has 0 atom stereocenters. The number of thiophene rings is 1. The van der Waals surface area contributed by atoms with Gasteiger partial charge in [-0.3, -0.25) is 14.9 Å². The number of amides is 1. The molecular weight excluding hydrogens is 408 g/mol. The number of nitro benzene ring substituents is 1. The van der Waals surface area contributed by atoms with Gasteiger partial charge in [0.05, 0.1) is 21.4 Å². The smallest absolute Gasteiger partial charge is 0.271 e. The Morgan fingerprint density at radius 3 is 3.04 bits per heavy atom. The average Bonchev–Trinajstić information content (AvgIpc) is 3.22. The van der Waals surface area contributed by atoms with Crippen LogP contribution in [0.4, 0.5) is 11.4 Å². The van der Waals surface area contributed by atoms with Crippen molar-refractivity contribution in [2.75, 3.05) is 11.1 Å². The number of nitro groups is 1. The van der Waals surface area contributed by atoms with Gasteiger partial charge in [-0.05, 0) is 30.9 Å². The molecule has 0 unspecified atom stereocenters. The second kappa shape index (κ2) is 7.41. The van der Waals surface area contributed by atoms with Crippen LogP contribution in [0.15, 0.2) is 29.6 Å². The molecule has 1 aromatic carbocycles. The zero-order valence-corrected chi connectivity index (χ0v) is 16.3. The van der Waals surface area contributed by atoms with Crippen molar-refractivity contribution in [1.82, 2.24) is 9.97 Å². The van der Waals surface area contributed by atoms with Crippen LogP contribution in [-0.2, 0) is 17.6 Å². The Hall–Kier alpha value is -2.23. The predicted molar refractivity (Wildman–Crippen MR) is 107 cm³/mol. The van der Waals surface area contributed by atoms with Crippen LogP contribution >= 0.6 is 34.7 Å². The van der Waals surface area contributed by atoms with E-state index in [9.17, 15) is 14.9 Å². The summed E-state index contributed by atoms with van der Waals surface area (Å²) in [6.45, 7) is 0. The highest BCUT2D eigenvalue weighted by Crippen LogP contribution is 2.40. The molecule has 3 aromatic rings. The zero-order valence-electron chi connectivity index (χ0n) is 13.9. The highest BCUT2D eigenvalue weighted by Gasteiger charge is 2.22. The molecule has 138 valence electrons. The molecule has 1 N–H and O–H groups in total. The lowest BCUT2D eigenvalue weighted by molar-refractivity contribution is -0.384. The Kier molecular flexibility index (Phi) is 4.98. The van der Waals surface area contributed by atoms with Gasteiger partial charge >= 0.3 is 0 Å². The number of aromatic nitrogens is 2. The molecule has 7 nitrogen and oxygen atoms in total. The van der Waals surface area contributed by atoms with Gasteiger partial charge in [-0.25, -0.2) is 9.97 Å². The molecule has 2 heterocycles. The predicted octanol–water partition coefficient (Wildman–Crippen LogP) is 4.47. The van der Waals surface area contributed by atoms with Crippen molar-refractivity contribution in [1.29, 1.82) is 0 Å². The molecule has 27 heavy (non-hydrogen) atoms. The number of fused-ring (bicyclic) bond motifs is 3. The standard InChI is InChI=1S/C17H13ClN4O3S2/c18-11-5-4-9(22(24)25)6-12(11)21-14(23)7-26-16-15-10-2-1-3-13(10)27-17(15)20-8-19-16/h4-6,8H,1-3,7H2,(H,21,23). The molecule has 4 rings (SSSR count). The zero-order chi connectivity index (χ0) is 19.0. The van der Waals surface area contributed by atoms with E-state index in [-0.39, 0.29) is 28.1 Å². The van der Waals surface area contributed by atoms with Gasteiger partial charge < -0.3 is 5.32 Å². The Morgan fingerprint density at radius 2 is 2.22 bits per heavy atom. The number of thioether (sulfide) groups is 1. The van der Waals surface area contributed by atoms with Crippen molar-refractivity contribution < 1.29 is 9.72 Å². The van der Waals surface area contributed by atoms with Crippen molar-refractivity contribution in [3.63, 3.8) is 0 Å². The number of rotatable bonds is 5. The number of hydrogen-bond donors (Lipinski definition) is 1. The maximum Gasteiger partial charge on any atom is 0.271 e. The number of nitrogens with one attached hydrogen (secondary N) is 1. The first-order valence-corrected chi connectivity index (χ1v) is 10.3. The minimum absolute atomic E-state index is 0.121. The molecule has 0 aliphatic heterocycles. The summed E-state index contributed by atoms with van der Waals surface area (Å²) in [5.41, 5.74) is 1.40. The summed E-state index contributed by atoms with van der Waals surface area (Å²) >= 11 is 9.05. The largest absolute Gasteiger partial charge is 0.324 e. The van der Waals surface area contributed by atoms with E-state index in [1.807, 2.05) is 0 Å². The summed E-state index contributed by atoms with van der Waals surface area (Å²) < 4.78 is 0. The fourth-order valence-electron chi connectivity index (χ4n) is 3.05. The third-order valence-electron chi connectivity index (χ3n) is 4.24. The molecule has 1 aliphatic rings. The fraction of sp³-hybridized carbons (Fsp3) is 0.235. The second-order valence-corrected chi connectivity index (χ2v) is 8.43. The molecule has 1 amide bonds. The van der Waals surface area contributed by atoms with Gasteiger partial charge in [0.15, 0.2) is 0 Å². The van der Waals surface area contributed by atoms with E-state index in [2.05, 4.69) is 15.3 Å². The van der Waals surface area contributed by atoms with Crippen LogP contribution in [0.25, 0.3) is 10.2 Å². The number of nitrogens with zero attached hydrogens (tertiary/aromatic N) is 3. The van der Waals surface area contributed by atoms with Gasteiger partial charge in [0.2, 0.25) is 5.91 Å². The van der Waals surface area contributed by atoms with E-state index in [1.54, 1.807) is 11.3 Å². The van der Waals surface area contributed by atoms with Crippen LogP contribution in [0, 0.1) is 10.1 Å². The van der Waals surface area contributed by atoms with Crippen molar-refractivity contribution in [2.24, 2.45) is 0 Å². The molecule has 0 fully saturated rings. The average molecular weight is 421 g/mol. The van der Waals surface area contributed by atoms with E-state index in [0.29, 0.717) is 0 Å². The molecule has 1 aliphatic carbocycles. The van der Waals surface area contributed by atoms with Gasteiger partial charge in [0.25, 0.3) is 5.69 Å². The fourth-order valence-corrected chi connectivity index (χ4v) is 5.34. The molecule has 0 radical (unpaired) electrons. The lowest BCUT2D eigenvalue weighted by Crippen LogP contribution is -2.14. The normalized spacial score (nSPS) is 12.9. The van der Waals surface area contributed by atoms with Crippen molar-refractivity contribution in [2.45, 2.75) is 24.3 Å². The second-order valence-electron chi connectivity index (χ2n) is 5.97. The number of carbonyl (C=O) groups excluding carboxylic acids is 1. The number of hydrogen-bond acceptors (Lipinski definition) is 7. The van der Waals surface area contributed by atoms with Crippen LogP contribution in [0.3, 0.4) is 0 Å². The number of aryl methyl sites for hydroxylation is 2. The maximum absolute atomic E-state index is 12.3. The number of non-ortho nitro benzene ring substituents is 1. The van der Waals surface area contributed by atoms with Gasteiger partial charge in [-0.2, -0.15) is 0 Å². The molecule has 10 heteroatoms. The molecule has 0 saturated carbocycles. The van der Waals surface area contributed by atoms with Gasteiger partial charge in [0, 0.05) is 22.4 Å². The highest BCUT2D eigenvalue weighted by molar-refractivity contribution is 8.00. The Morgan fingerprint density at radius 1 is 1.37 bits per heavy atom. The minimum Gasteiger partial charge on any atom is -0.324 e. The first-order chi connectivity index (χ1) is 13.0. The Labute approximate surface area is 167 Å². The van der Waals surface area contributed by atoms with Crippen LogP contribution in [0.1, 0.15) is 16.9 Å². The quantitative estimate of drug-likeness (QED) is 0.283. The van der Waals surface area contributed by atoms with Gasteiger partial charge in [-0.15, -0.1) is 11.3 Å². The lowest BCUT2D eigenvalue weighted by Gasteiger charge is -2.07. The van der Waals surface area contributed by atoms with E-state index in [0.717, 1.165) is 34.5 Å². The summed E-state index contributed by atoms with van der Waals surface area (Å²) in [4.78, 5) is 33.7. The summed E-state index contributed by atoms with van der Waals surface area (Å²) in [6.07, 6.45) is 4.76. The lowest BCUT2D eigenvalue weighted by atomic mass is 10.2. The SMILES string of the molecule is O=C(CSc1ncnc2sc3c(c12)CCC3)Nc1cc([N+](=O)[O-])ccc1Cl. The van der Waals surface area contributed by atoms with E-state index in [1.165, 1.54) is 46.7 Å². The number of carbonyl (C=O) groups is 1. The third kappa shape index (κ3) is 3.62. The molecule has 0 saturated heterocycles. The van der Waals surface area contributed by atoms with Crippen LogP contribution < -0.4 is 5.32 Å². The summed E-state index contributed by atoms with van der Waals surface area (Å²) in [5.74, 6) is -0.184. The summed E-state index contributed by atoms with van der Waals surface area (Å²) in [6, 6.07) is 3.94. The third-order valence-corrected chi connectivity index (χ3v) is 6.76. The van der Waals surface area contributed by atoms with Gasteiger partial charge in [-0.1, -0.05) is 23.4 Å². The molecular formula is C17H13ClN4O3S2. The molecule has 2 aromatic heterocycles. The topological polar surface area (TPSA) is 98.0 Å². The summed E-state index contributed by atoms with van der Waals surface area (Å²) in [7, 11) is 0.